The highest BCUT2D eigenvalue weighted by Gasteiger charge is 2.22. The molecule has 180 valence electrons. The van der Waals surface area contributed by atoms with E-state index in [9.17, 15) is 8.78 Å². The van der Waals surface area contributed by atoms with Crippen molar-refractivity contribution in [2.24, 2.45) is 5.92 Å². The van der Waals surface area contributed by atoms with Crippen molar-refractivity contribution in [2.45, 2.75) is 83.5 Å². The second-order valence-corrected chi connectivity index (χ2v) is 10.3. The van der Waals surface area contributed by atoms with E-state index in [0.29, 0.717) is 24.2 Å². The zero-order valence-corrected chi connectivity index (χ0v) is 20.7. The summed E-state index contributed by atoms with van der Waals surface area (Å²) in [5, 5.41) is 0. The third-order valence-electron chi connectivity index (χ3n) is 7.75. The maximum Gasteiger partial charge on any atom is 0.129 e. The van der Waals surface area contributed by atoms with E-state index in [1.54, 1.807) is 12.1 Å². The lowest BCUT2D eigenvalue weighted by Gasteiger charge is -2.29. The lowest BCUT2D eigenvalue weighted by molar-refractivity contribution is 0.310. The summed E-state index contributed by atoms with van der Waals surface area (Å²) in [5.74, 6) is 1.07. The second kappa shape index (κ2) is 11.8. The zero-order valence-electron chi connectivity index (χ0n) is 20.7. The fourth-order valence-corrected chi connectivity index (χ4v) is 5.62. The van der Waals surface area contributed by atoms with E-state index in [4.69, 9.17) is 0 Å². The normalized spacial score (nSPS) is 19.2. The molecule has 1 fully saturated rings. The predicted octanol–water partition coefficient (Wildman–Crippen LogP) is 9.17. The number of benzene rings is 3. The molecule has 1 aliphatic rings. The van der Waals surface area contributed by atoms with Crippen LogP contribution in [0.15, 0.2) is 66.7 Å². The van der Waals surface area contributed by atoms with Gasteiger partial charge in [0.25, 0.3) is 0 Å². The van der Waals surface area contributed by atoms with Crippen LogP contribution in [0.3, 0.4) is 0 Å². The fourth-order valence-electron chi connectivity index (χ4n) is 5.62. The van der Waals surface area contributed by atoms with Gasteiger partial charge in [0.05, 0.1) is 0 Å². The SMILES string of the molecule is CCCc1c(F)cc(CCC2CCC(c3ccc(C[C@@H](C)c4ccccc4)cc3)CC2)cc1F. The minimum Gasteiger partial charge on any atom is -0.207 e. The molecular formula is C32H38F2. The van der Waals surface area contributed by atoms with Gasteiger partial charge >= 0.3 is 0 Å². The topological polar surface area (TPSA) is 0 Å². The molecule has 0 bridgehead atoms. The summed E-state index contributed by atoms with van der Waals surface area (Å²) in [6.07, 6.45) is 8.91. The monoisotopic (exact) mass is 460 g/mol. The van der Waals surface area contributed by atoms with Crippen molar-refractivity contribution in [1.82, 2.24) is 0 Å². The van der Waals surface area contributed by atoms with Crippen LogP contribution in [0.4, 0.5) is 8.78 Å². The Labute approximate surface area is 204 Å². The molecule has 1 aliphatic carbocycles. The minimum atomic E-state index is -0.373. The first-order valence-electron chi connectivity index (χ1n) is 13.1. The van der Waals surface area contributed by atoms with Gasteiger partial charge in [-0.15, -0.1) is 0 Å². The lowest BCUT2D eigenvalue weighted by atomic mass is 9.76. The van der Waals surface area contributed by atoms with Crippen LogP contribution < -0.4 is 0 Å². The van der Waals surface area contributed by atoms with Gasteiger partial charge in [-0.05, 0) is 104 Å². The van der Waals surface area contributed by atoms with E-state index >= 15 is 0 Å². The Morgan fingerprint density at radius 1 is 0.794 bits per heavy atom. The summed E-state index contributed by atoms with van der Waals surface area (Å²) in [6, 6.07) is 23.1. The van der Waals surface area contributed by atoms with Gasteiger partial charge in [-0.25, -0.2) is 8.78 Å². The molecule has 0 amide bonds. The Balaban J connectivity index is 1.25. The summed E-state index contributed by atoms with van der Waals surface area (Å²) in [6.45, 7) is 4.25. The van der Waals surface area contributed by atoms with Crippen molar-refractivity contribution in [2.75, 3.05) is 0 Å². The highest BCUT2D eigenvalue weighted by molar-refractivity contribution is 5.29. The van der Waals surface area contributed by atoms with Crippen LogP contribution in [0.25, 0.3) is 0 Å². The molecule has 0 heterocycles. The van der Waals surface area contributed by atoms with Gasteiger partial charge < -0.3 is 0 Å². The van der Waals surface area contributed by atoms with E-state index in [0.717, 1.165) is 31.2 Å². The van der Waals surface area contributed by atoms with Gasteiger partial charge in [-0.3, -0.25) is 0 Å². The first kappa shape index (κ1) is 24.6. The summed E-state index contributed by atoms with van der Waals surface area (Å²) in [5.41, 5.74) is 5.31. The smallest absolute Gasteiger partial charge is 0.129 e. The van der Waals surface area contributed by atoms with E-state index < -0.39 is 0 Å². The van der Waals surface area contributed by atoms with Gasteiger partial charge in [0, 0.05) is 5.56 Å². The molecule has 3 aromatic rings. The van der Waals surface area contributed by atoms with Crippen molar-refractivity contribution < 1.29 is 8.78 Å². The summed E-state index contributed by atoms with van der Waals surface area (Å²) in [4.78, 5) is 0. The van der Waals surface area contributed by atoms with Crippen LogP contribution in [0.5, 0.6) is 0 Å². The van der Waals surface area contributed by atoms with E-state index in [2.05, 4.69) is 61.5 Å². The van der Waals surface area contributed by atoms with E-state index in [-0.39, 0.29) is 17.2 Å². The molecule has 0 aliphatic heterocycles. The van der Waals surface area contributed by atoms with Crippen LogP contribution in [-0.2, 0) is 19.3 Å². The van der Waals surface area contributed by atoms with Crippen LogP contribution in [0.2, 0.25) is 0 Å². The highest BCUT2D eigenvalue weighted by atomic mass is 19.1. The third kappa shape index (κ3) is 6.34. The third-order valence-corrected chi connectivity index (χ3v) is 7.75. The van der Waals surface area contributed by atoms with Gasteiger partial charge in [-0.2, -0.15) is 0 Å². The summed E-state index contributed by atoms with van der Waals surface area (Å²) < 4.78 is 28.5. The number of rotatable bonds is 9. The van der Waals surface area contributed by atoms with Crippen LogP contribution in [0, 0.1) is 17.6 Å². The Bertz CT molecular complexity index is 1010. The lowest BCUT2D eigenvalue weighted by Crippen LogP contribution is -2.14. The summed E-state index contributed by atoms with van der Waals surface area (Å²) in [7, 11) is 0. The van der Waals surface area contributed by atoms with Crippen LogP contribution in [-0.4, -0.2) is 0 Å². The average Bonchev–Trinajstić information content (AvgIpc) is 2.86. The van der Waals surface area contributed by atoms with Gasteiger partial charge in [0.2, 0.25) is 0 Å². The van der Waals surface area contributed by atoms with E-state index in [1.165, 1.54) is 42.4 Å². The Kier molecular flexibility index (Phi) is 8.53. The largest absolute Gasteiger partial charge is 0.207 e. The first-order chi connectivity index (χ1) is 16.5. The predicted molar refractivity (Wildman–Crippen MR) is 138 cm³/mol. The quantitative estimate of drug-likeness (QED) is 0.298. The molecule has 0 N–H and O–H groups in total. The molecule has 34 heavy (non-hydrogen) atoms. The van der Waals surface area contributed by atoms with Crippen molar-refractivity contribution in [3.8, 4) is 0 Å². The maximum absolute atomic E-state index is 14.2. The standard InChI is InChI=1S/C32H38F2/c1-3-7-30-31(33)21-26(22-32(30)34)11-10-24-12-16-28(17-13-24)29-18-14-25(15-19-29)20-23(2)27-8-5-4-6-9-27/h4-6,8-9,14-15,18-19,21-24,28H,3,7,10-13,16-17,20H2,1-2H3/t23-,24?,28?/m1/s1. The van der Waals surface area contributed by atoms with Crippen molar-refractivity contribution in [3.63, 3.8) is 0 Å². The average molecular weight is 461 g/mol. The van der Waals surface area contributed by atoms with E-state index in [1.807, 2.05) is 6.92 Å². The number of halogens is 2. The molecule has 0 nitrogen and oxygen atoms in total. The molecule has 0 radical (unpaired) electrons. The highest BCUT2D eigenvalue weighted by Crippen LogP contribution is 2.38. The van der Waals surface area contributed by atoms with Crippen molar-refractivity contribution in [1.29, 1.82) is 0 Å². The van der Waals surface area contributed by atoms with Crippen LogP contribution >= 0.6 is 0 Å². The van der Waals surface area contributed by atoms with Gasteiger partial charge in [0.1, 0.15) is 11.6 Å². The van der Waals surface area contributed by atoms with Crippen molar-refractivity contribution >= 4 is 0 Å². The van der Waals surface area contributed by atoms with Crippen molar-refractivity contribution in [3.05, 3.63) is 106 Å². The summed E-state index contributed by atoms with van der Waals surface area (Å²) >= 11 is 0. The van der Waals surface area contributed by atoms with Gasteiger partial charge in [-0.1, -0.05) is 74.9 Å². The fraction of sp³-hybridized carbons (Fsp3) is 0.438. The second-order valence-electron chi connectivity index (χ2n) is 10.3. The van der Waals surface area contributed by atoms with Crippen LogP contribution in [0.1, 0.15) is 92.0 Å². The first-order valence-corrected chi connectivity index (χ1v) is 13.1. The molecule has 3 aromatic carbocycles. The minimum absolute atomic E-state index is 0.243. The maximum atomic E-state index is 14.2. The zero-order chi connectivity index (χ0) is 23.9. The molecule has 4 rings (SSSR count). The number of aryl methyl sites for hydroxylation is 1. The molecule has 1 atom stereocenters. The Morgan fingerprint density at radius 2 is 1.44 bits per heavy atom. The molecule has 0 saturated heterocycles. The Hall–Kier alpha value is -2.48. The van der Waals surface area contributed by atoms with Gasteiger partial charge in [0.15, 0.2) is 0 Å². The molecule has 0 unspecified atom stereocenters. The molecule has 1 saturated carbocycles. The molecule has 0 aromatic heterocycles. The molecule has 2 heteroatoms. The Morgan fingerprint density at radius 3 is 2.06 bits per heavy atom. The number of hydrogen-bond donors (Lipinski definition) is 0. The molecular weight excluding hydrogens is 422 g/mol. The molecule has 0 spiro atoms. The number of hydrogen-bond acceptors (Lipinski definition) is 0.